The number of β-amino-alcohol motifs (C(OH)–C–C–N with tert-alkyl or cyclic N) is 1. The largest absolute Gasteiger partial charge is 0.508 e. The zero-order valence-electron chi connectivity index (χ0n) is 14.3. The molecule has 25 heavy (non-hydrogen) atoms. The summed E-state index contributed by atoms with van der Waals surface area (Å²) in [4.78, 5) is 2.37. The molecule has 4 atom stereocenters. The molecule has 2 N–H and O–H groups in total. The Balaban J connectivity index is 1.28. The predicted octanol–water partition coefficient (Wildman–Crippen LogP) is 3.22. The van der Waals surface area contributed by atoms with Gasteiger partial charge in [-0.25, -0.2) is 0 Å². The van der Waals surface area contributed by atoms with Crippen LogP contribution in [0.2, 0.25) is 0 Å². The standard InChI is InChI=1S/C21H25NO3/c23-18-8-6-15(7-9-18)21(24)14-22-12-16-10-20(11-17(16)13-22)25-19-4-2-1-3-5-19/h1-9,16-17,20-21,23-24H,10-14H2/t16-,17+,20-,21?. The average Bonchev–Trinajstić information content (AvgIpc) is 3.14. The Hall–Kier alpha value is -2.04. The minimum atomic E-state index is -0.504. The molecule has 1 aliphatic heterocycles. The number of rotatable bonds is 5. The highest BCUT2D eigenvalue weighted by Gasteiger charge is 2.42. The molecule has 2 fully saturated rings. The SMILES string of the molecule is Oc1ccc(C(O)CN2C[C@H]3C[C@@H](Oc4ccccc4)C[C@H]3C2)cc1. The van der Waals surface area contributed by atoms with Gasteiger partial charge in [-0.3, -0.25) is 4.90 Å². The number of hydrogen-bond acceptors (Lipinski definition) is 4. The minimum absolute atomic E-state index is 0.233. The molecule has 0 radical (unpaired) electrons. The number of aliphatic hydroxyl groups is 1. The van der Waals surface area contributed by atoms with E-state index in [9.17, 15) is 10.2 Å². The fourth-order valence-electron chi connectivity index (χ4n) is 4.32. The maximum Gasteiger partial charge on any atom is 0.119 e. The fraction of sp³-hybridized carbons (Fsp3) is 0.429. The molecule has 4 heteroatoms. The van der Waals surface area contributed by atoms with Gasteiger partial charge >= 0.3 is 0 Å². The van der Waals surface area contributed by atoms with Gasteiger partial charge in [-0.1, -0.05) is 30.3 Å². The van der Waals surface area contributed by atoms with Crippen LogP contribution in [0.1, 0.15) is 24.5 Å². The lowest BCUT2D eigenvalue weighted by Gasteiger charge is -2.22. The first-order chi connectivity index (χ1) is 12.2. The molecule has 2 aliphatic rings. The Morgan fingerprint density at radius 1 is 0.960 bits per heavy atom. The van der Waals surface area contributed by atoms with Gasteiger partial charge in [0.2, 0.25) is 0 Å². The zero-order chi connectivity index (χ0) is 17.2. The van der Waals surface area contributed by atoms with Gasteiger partial charge in [0.05, 0.1) is 12.2 Å². The lowest BCUT2D eigenvalue weighted by molar-refractivity contribution is 0.116. The third-order valence-electron chi connectivity index (χ3n) is 5.54. The van der Waals surface area contributed by atoms with Crippen LogP contribution in [-0.4, -0.2) is 40.9 Å². The van der Waals surface area contributed by atoms with Crippen LogP contribution in [-0.2, 0) is 0 Å². The smallest absolute Gasteiger partial charge is 0.119 e. The minimum Gasteiger partial charge on any atom is -0.508 e. The van der Waals surface area contributed by atoms with Crippen molar-refractivity contribution in [2.45, 2.75) is 25.0 Å². The van der Waals surface area contributed by atoms with Gasteiger partial charge in [0.15, 0.2) is 0 Å². The third-order valence-corrected chi connectivity index (χ3v) is 5.54. The molecule has 0 spiro atoms. The van der Waals surface area contributed by atoms with E-state index in [-0.39, 0.29) is 5.75 Å². The van der Waals surface area contributed by atoms with Gasteiger partial charge in [-0.15, -0.1) is 0 Å². The second-order valence-corrected chi connectivity index (χ2v) is 7.37. The normalized spacial score (nSPS) is 27.2. The molecule has 1 aliphatic carbocycles. The molecule has 0 bridgehead atoms. The van der Waals surface area contributed by atoms with Gasteiger partial charge in [-0.2, -0.15) is 0 Å². The van der Waals surface area contributed by atoms with Crippen LogP contribution in [0.25, 0.3) is 0 Å². The first kappa shape index (κ1) is 16.4. The van der Waals surface area contributed by atoms with Crippen molar-refractivity contribution >= 4 is 0 Å². The molecule has 4 rings (SSSR count). The van der Waals surface area contributed by atoms with Crippen LogP contribution in [0.3, 0.4) is 0 Å². The molecule has 0 aromatic heterocycles. The molecular weight excluding hydrogens is 314 g/mol. The maximum atomic E-state index is 10.4. The fourth-order valence-corrected chi connectivity index (χ4v) is 4.32. The second kappa shape index (κ2) is 7.06. The van der Waals surface area contributed by atoms with E-state index in [0.29, 0.717) is 24.5 Å². The summed E-state index contributed by atoms with van der Waals surface area (Å²) in [6.45, 7) is 2.73. The zero-order valence-corrected chi connectivity index (χ0v) is 14.3. The molecule has 1 heterocycles. The molecule has 2 aromatic rings. The van der Waals surface area contributed by atoms with Crippen LogP contribution in [0.5, 0.6) is 11.5 Å². The molecule has 1 unspecified atom stereocenters. The van der Waals surface area contributed by atoms with E-state index in [0.717, 1.165) is 37.2 Å². The molecular formula is C21H25NO3. The topological polar surface area (TPSA) is 52.9 Å². The average molecular weight is 339 g/mol. The van der Waals surface area contributed by atoms with E-state index in [2.05, 4.69) is 4.90 Å². The first-order valence-electron chi connectivity index (χ1n) is 9.08. The number of aromatic hydroxyl groups is 1. The number of benzene rings is 2. The summed E-state index contributed by atoms with van der Waals surface area (Å²) >= 11 is 0. The highest BCUT2D eigenvalue weighted by atomic mass is 16.5. The summed E-state index contributed by atoms with van der Waals surface area (Å²) < 4.78 is 6.12. The Bertz CT molecular complexity index is 674. The van der Waals surface area contributed by atoms with Gasteiger partial charge in [-0.05, 0) is 54.5 Å². The van der Waals surface area contributed by atoms with Crippen molar-refractivity contribution in [1.82, 2.24) is 4.90 Å². The Morgan fingerprint density at radius 3 is 2.24 bits per heavy atom. The van der Waals surface area contributed by atoms with Crippen LogP contribution in [0.15, 0.2) is 54.6 Å². The van der Waals surface area contributed by atoms with E-state index in [1.54, 1.807) is 24.3 Å². The van der Waals surface area contributed by atoms with Gasteiger partial charge in [0, 0.05) is 19.6 Å². The van der Waals surface area contributed by atoms with Crippen LogP contribution in [0, 0.1) is 11.8 Å². The number of fused-ring (bicyclic) bond motifs is 1. The summed E-state index contributed by atoms with van der Waals surface area (Å²) in [5, 5.41) is 19.8. The number of phenolic OH excluding ortho intramolecular Hbond substituents is 1. The van der Waals surface area contributed by atoms with Gasteiger partial charge in [0.25, 0.3) is 0 Å². The van der Waals surface area contributed by atoms with E-state index in [1.165, 1.54) is 0 Å². The van der Waals surface area contributed by atoms with Crippen LogP contribution >= 0.6 is 0 Å². The first-order valence-corrected chi connectivity index (χ1v) is 9.08. The summed E-state index contributed by atoms with van der Waals surface area (Å²) in [7, 11) is 0. The van der Waals surface area contributed by atoms with E-state index >= 15 is 0 Å². The van der Waals surface area contributed by atoms with E-state index in [1.807, 2.05) is 30.3 Å². The van der Waals surface area contributed by atoms with Crippen molar-refractivity contribution in [1.29, 1.82) is 0 Å². The number of hydrogen-bond donors (Lipinski definition) is 2. The number of nitrogens with zero attached hydrogens (tertiary/aromatic N) is 1. The van der Waals surface area contributed by atoms with Gasteiger partial charge in [0.1, 0.15) is 11.5 Å². The number of aliphatic hydroxyl groups excluding tert-OH is 1. The molecule has 1 saturated heterocycles. The number of ether oxygens (including phenoxy) is 1. The monoisotopic (exact) mass is 339 g/mol. The van der Waals surface area contributed by atoms with Gasteiger partial charge < -0.3 is 14.9 Å². The Labute approximate surface area is 148 Å². The summed E-state index contributed by atoms with van der Waals surface area (Å²) in [6, 6.07) is 16.9. The highest BCUT2D eigenvalue weighted by Crippen LogP contribution is 2.40. The third kappa shape index (κ3) is 3.80. The summed E-state index contributed by atoms with van der Waals surface area (Å²) in [5.41, 5.74) is 0.861. The number of likely N-dealkylation sites (tertiary alicyclic amines) is 1. The molecule has 132 valence electrons. The molecule has 2 aromatic carbocycles. The van der Waals surface area contributed by atoms with Crippen LogP contribution in [0.4, 0.5) is 0 Å². The van der Waals surface area contributed by atoms with Crippen molar-refractivity contribution in [3.63, 3.8) is 0 Å². The summed E-state index contributed by atoms with van der Waals surface area (Å²) in [6.07, 6.45) is 2.02. The quantitative estimate of drug-likeness (QED) is 0.878. The maximum absolute atomic E-state index is 10.4. The number of phenols is 1. The van der Waals surface area contributed by atoms with E-state index < -0.39 is 6.10 Å². The predicted molar refractivity (Wildman–Crippen MR) is 96.6 cm³/mol. The number of para-hydroxylation sites is 1. The van der Waals surface area contributed by atoms with E-state index in [4.69, 9.17) is 4.74 Å². The lowest BCUT2D eigenvalue weighted by Crippen LogP contribution is -2.28. The second-order valence-electron chi connectivity index (χ2n) is 7.37. The lowest BCUT2D eigenvalue weighted by atomic mass is 10.0. The van der Waals surface area contributed by atoms with Crippen molar-refractivity contribution in [2.75, 3.05) is 19.6 Å². The molecule has 4 nitrogen and oxygen atoms in total. The molecule has 1 saturated carbocycles. The highest BCUT2D eigenvalue weighted by molar-refractivity contribution is 5.27. The van der Waals surface area contributed by atoms with Crippen LogP contribution < -0.4 is 4.74 Å². The Morgan fingerprint density at radius 2 is 1.60 bits per heavy atom. The van der Waals surface area contributed by atoms with Crippen molar-refractivity contribution in [3.8, 4) is 11.5 Å². The summed E-state index contributed by atoms with van der Waals surface area (Å²) in [5.74, 6) is 2.53. The Kier molecular flexibility index (Phi) is 4.64. The molecule has 0 amide bonds. The van der Waals surface area contributed by atoms with Crippen molar-refractivity contribution in [3.05, 3.63) is 60.2 Å². The van der Waals surface area contributed by atoms with Crippen molar-refractivity contribution < 1.29 is 14.9 Å². The van der Waals surface area contributed by atoms with Crippen molar-refractivity contribution in [2.24, 2.45) is 11.8 Å².